The third kappa shape index (κ3) is 2.97. The van der Waals surface area contributed by atoms with Crippen LogP contribution >= 0.6 is 0 Å². The maximum Gasteiger partial charge on any atom is 0.270 e. The van der Waals surface area contributed by atoms with Crippen molar-refractivity contribution >= 4 is 22.5 Å². The standard InChI is InChI=1S/C16H19N3O2/c1-2-17-15-13-6-4-3-5-11(13)9-14(19-15)16(20)18-12-7-8-21-10-12/h3-6,9,12H,2,7-8,10H2,1H3,(H,17,19)(H,18,20). The van der Waals surface area contributed by atoms with Crippen molar-refractivity contribution in [1.82, 2.24) is 10.3 Å². The average Bonchev–Trinajstić information content (AvgIpc) is 3.00. The third-order valence-corrected chi connectivity index (χ3v) is 3.58. The van der Waals surface area contributed by atoms with Crippen molar-refractivity contribution in [2.45, 2.75) is 19.4 Å². The van der Waals surface area contributed by atoms with Gasteiger partial charge in [0.05, 0.1) is 12.6 Å². The van der Waals surface area contributed by atoms with Gasteiger partial charge >= 0.3 is 0 Å². The monoisotopic (exact) mass is 285 g/mol. The van der Waals surface area contributed by atoms with Gasteiger partial charge in [0, 0.05) is 18.5 Å². The van der Waals surface area contributed by atoms with Gasteiger partial charge in [-0.3, -0.25) is 4.79 Å². The topological polar surface area (TPSA) is 63.2 Å². The largest absolute Gasteiger partial charge is 0.379 e. The number of nitrogens with zero attached hydrogens (tertiary/aromatic N) is 1. The van der Waals surface area contributed by atoms with Crippen LogP contribution in [0.15, 0.2) is 30.3 Å². The number of amides is 1. The Morgan fingerprint density at radius 2 is 2.29 bits per heavy atom. The van der Waals surface area contributed by atoms with E-state index in [1.807, 2.05) is 37.3 Å². The van der Waals surface area contributed by atoms with Crippen molar-refractivity contribution in [2.75, 3.05) is 25.1 Å². The Morgan fingerprint density at radius 1 is 1.43 bits per heavy atom. The summed E-state index contributed by atoms with van der Waals surface area (Å²) in [6.45, 7) is 4.07. The molecule has 21 heavy (non-hydrogen) atoms. The van der Waals surface area contributed by atoms with E-state index in [0.29, 0.717) is 18.9 Å². The number of pyridine rings is 1. The van der Waals surface area contributed by atoms with E-state index in [0.717, 1.165) is 29.6 Å². The van der Waals surface area contributed by atoms with Gasteiger partial charge in [0.15, 0.2) is 0 Å². The fourth-order valence-corrected chi connectivity index (χ4v) is 2.52. The smallest absolute Gasteiger partial charge is 0.270 e. The molecule has 0 radical (unpaired) electrons. The van der Waals surface area contributed by atoms with Crippen molar-refractivity contribution in [3.63, 3.8) is 0 Å². The normalized spacial score (nSPS) is 17.9. The van der Waals surface area contributed by atoms with E-state index < -0.39 is 0 Å². The van der Waals surface area contributed by atoms with Crippen LogP contribution in [0.3, 0.4) is 0 Å². The zero-order valence-corrected chi connectivity index (χ0v) is 12.1. The zero-order chi connectivity index (χ0) is 14.7. The van der Waals surface area contributed by atoms with Gasteiger partial charge in [0.2, 0.25) is 0 Å². The van der Waals surface area contributed by atoms with Crippen LogP contribution < -0.4 is 10.6 Å². The highest BCUT2D eigenvalue weighted by atomic mass is 16.5. The van der Waals surface area contributed by atoms with Crippen molar-refractivity contribution in [3.05, 3.63) is 36.0 Å². The fraction of sp³-hybridized carbons (Fsp3) is 0.375. The maximum atomic E-state index is 12.3. The van der Waals surface area contributed by atoms with Gasteiger partial charge in [0.1, 0.15) is 11.5 Å². The van der Waals surface area contributed by atoms with Crippen molar-refractivity contribution in [1.29, 1.82) is 0 Å². The van der Waals surface area contributed by atoms with Gasteiger partial charge in [-0.2, -0.15) is 0 Å². The quantitative estimate of drug-likeness (QED) is 0.904. The summed E-state index contributed by atoms with van der Waals surface area (Å²) in [6.07, 6.45) is 0.861. The van der Waals surface area contributed by atoms with Crippen molar-refractivity contribution in [3.8, 4) is 0 Å². The van der Waals surface area contributed by atoms with Crippen LogP contribution in [0.5, 0.6) is 0 Å². The molecule has 5 nitrogen and oxygen atoms in total. The average molecular weight is 285 g/mol. The van der Waals surface area contributed by atoms with Crippen LogP contribution in [0.4, 0.5) is 5.82 Å². The molecule has 3 rings (SSSR count). The van der Waals surface area contributed by atoms with Gasteiger partial charge in [-0.15, -0.1) is 0 Å². The lowest BCUT2D eigenvalue weighted by Gasteiger charge is -2.13. The number of ether oxygens (including phenoxy) is 1. The predicted molar refractivity (Wildman–Crippen MR) is 82.6 cm³/mol. The molecule has 0 saturated carbocycles. The summed E-state index contributed by atoms with van der Waals surface area (Å²) in [7, 11) is 0. The minimum Gasteiger partial charge on any atom is -0.379 e. The molecule has 0 bridgehead atoms. The van der Waals surface area contributed by atoms with E-state index in [-0.39, 0.29) is 11.9 Å². The minimum atomic E-state index is -0.143. The Balaban J connectivity index is 1.92. The molecule has 1 aromatic heterocycles. The van der Waals surface area contributed by atoms with E-state index in [1.54, 1.807) is 0 Å². The number of hydrogen-bond acceptors (Lipinski definition) is 4. The number of hydrogen-bond donors (Lipinski definition) is 2. The van der Waals surface area contributed by atoms with Crippen LogP contribution in [-0.4, -0.2) is 36.7 Å². The lowest BCUT2D eigenvalue weighted by molar-refractivity contribution is 0.0925. The summed E-state index contributed by atoms with van der Waals surface area (Å²) < 4.78 is 5.28. The molecule has 1 aliphatic rings. The molecule has 1 amide bonds. The van der Waals surface area contributed by atoms with E-state index in [9.17, 15) is 4.79 Å². The van der Waals surface area contributed by atoms with E-state index in [4.69, 9.17) is 4.74 Å². The first kappa shape index (κ1) is 13.8. The van der Waals surface area contributed by atoms with Crippen LogP contribution in [-0.2, 0) is 4.74 Å². The van der Waals surface area contributed by atoms with Crippen LogP contribution in [0.2, 0.25) is 0 Å². The zero-order valence-electron chi connectivity index (χ0n) is 12.1. The van der Waals surface area contributed by atoms with Gasteiger partial charge in [-0.25, -0.2) is 4.98 Å². The molecule has 1 atom stereocenters. The highest BCUT2D eigenvalue weighted by Gasteiger charge is 2.20. The summed E-state index contributed by atoms with van der Waals surface area (Å²) in [4.78, 5) is 16.8. The molecule has 2 heterocycles. The second-order valence-electron chi connectivity index (χ2n) is 5.14. The SMILES string of the molecule is CCNc1nc(C(=O)NC2CCOC2)cc2ccccc12. The second-order valence-corrected chi connectivity index (χ2v) is 5.14. The minimum absolute atomic E-state index is 0.0911. The molecular weight excluding hydrogens is 266 g/mol. The first-order valence-corrected chi connectivity index (χ1v) is 7.30. The van der Waals surface area contributed by atoms with Crippen LogP contribution in [0.1, 0.15) is 23.8 Å². The summed E-state index contributed by atoms with van der Waals surface area (Å²) in [5.41, 5.74) is 0.441. The maximum absolute atomic E-state index is 12.3. The Bertz CT molecular complexity index is 651. The summed E-state index contributed by atoms with van der Waals surface area (Å²) in [5, 5.41) is 8.24. The fourth-order valence-electron chi connectivity index (χ4n) is 2.52. The molecule has 5 heteroatoms. The molecule has 0 aliphatic carbocycles. The molecule has 1 saturated heterocycles. The molecular formula is C16H19N3O2. The first-order chi connectivity index (χ1) is 10.3. The molecule has 1 aromatic carbocycles. The number of rotatable bonds is 4. The Labute approximate surface area is 123 Å². The van der Waals surface area contributed by atoms with Crippen LogP contribution in [0.25, 0.3) is 10.8 Å². The second kappa shape index (κ2) is 6.10. The number of anilines is 1. The molecule has 0 spiro atoms. The van der Waals surface area contributed by atoms with Gasteiger partial charge < -0.3 is 15.4 Å². The number of carbonyl (C=O) groups is 1. The molecule has 1 fully saturated rings. The number of carbonyl (C=O) groups excluding carboxylic acids is 1. The Hall–Kier alpha value is -2.14. The number of nitrogens with one attached hydrogen (secondary N) is 2. The molecule has 1 aliphatic heterocycles. The highest BCUT2D eigenvalue weighted by molar-refractivity contribution is 6.00. The lowest BCUT2D eigenvalue weighted by atomic mass is 10.1. The van der Waals surface area contributed by atoms with Crippen molar-refractivity contribution < 1.29 is 9.53 Å². The Kier molecular flexibility index (Phi) is 4.01. The predicted octanol–water partition coefficient (Wildman–Crippen LogP) is 2.19. The Morgan fingerprint density at radius 3 is 3.05 bits per heavy atom. The molecule has 1 unspecified atom stereocenters. The van der Waals surface area contributed by atoms with Gasteiger partial charge in [-0.05, 0) is 24.8 Å². The lowest BCUT2D eigenvalue weighted by Crippen LogP contribution is -2.35. The number of benzene rings is 1. The summed E-state index contributed by atoms with van der Waals surface area (Å²) in [5.74, 6) is 0.610. The summed E-state index contributed by atoms with van der Waals surface area (Å²) in [6, 6.07) is 9.86. The van der Waals surface area contributed by atoms with Gasteiger partial charge in [0.25, 0.3) is 5.91 Å². The molecule has 110 valence electrons. The molecule has 2 aromatic rings. The van der Waals surface area contributed by atoms with E-state index in [1.165, 1.54) is 0 Å². The first-order valence-electron chi connectivity index (χ1n) is 7.30. The van der Waals surface area contributed by atoms with E-state index >= 15 is 0 Å². The van der Waals surface area contributed by atoms with Crippen LogP contribution in [0, 0.1) is 0 Å². The highest BCUT2D eigenvalue weighted by Crippen LogP contribution is 2.22. The van der Waals surface area contributed by atoms with Gasteiger partial charge in [-0.1, -0.05) is 24.3 Å². The number of fused-ring (bicyclic) bond motifs is 1. The van der Waals surface area contributed by atoms with Crippen molar-refractivity contribution in [2.24, 2.45) is 0 Å². The van der Waals surface area contributed by atoms with E-state index in [2.05, 4.69) is 15.6 Å². The summed E-state index contributed by atoms with van der Waals surface area (Å²) >= 11 is 0. The molecule has 2 N–H and O–H groups in total. The number of aromatic nitrogens is 1. The third-order valence-electron chi connectivity index (χ3n) is 3.58.